The lowest BCUT2D eigenvalue weighted by molar-refractivity contribution is 0.276. The van der Waals surface area contributed by atoms with E-state index in [-0.39, 0.29) is 18.5 Å². The van der Waals surface area contributed by atoms with Crippen LogP contribution in [-0.2, 0) is 0 Å². The largest absolute Gasteiger partial charge is 0.497 e. The normalized spacial score (nSPS) is 12.6. The Morgan fingerprint density at radius 2 is 2.21 bits per heavy atom. The zero-order valence-electron chi connectivity index (χ0n) is 8.03. The van der Waals surface area contributed by atoms with E-state index in [0.717, 1.165) is 0 Å². The summed E-state index contributed by atoms with van der Waals surface area (Å²) < 4.78 is 17.9. The molecule has 1 unspecified atom stereocenters. The Labute approximate surface area is 82.3 Å². The summed E-state index contributed by atoms with van der Waals surface area (Å²) in [6, 6.07) is 3.95. The van der Waals surface area contributed by atoms with Gasteiger partial charge in [0.1, 0.15) is 11.6 Å². The number of hydrogen-bond donors (Lipinski definition) is 2. The molecule has 14 heavy (non-hydrogen) atoms. The molecule has 3 N–H and O–H groups in total. The molecule has 4 heteroatoms. The minimum absolute atomic E-state index is 0.0139. The van der Waals surface area contributed by atoms with Crippen molar-refractivity contribution in [2.45, 2.75) is 12.5 Å². The molecule has 0 spiro atoms. The van der Waals surface area contributed by atoms with Gasteiger partial charge in [0, 0.05) is 18.7 Å². The van der Waals surface area contributed by atoms with Crippen LogP contribution in [0.1, 0.15) is 18.0 Å². The van der Waals surface area contributed by atoms with Crippen molar-refractivity contribution in [2.24, 2.45) is 5.73 Å². The highest BCUT2D eigenvalue weighted by molar-refractivity contribution is 5.31. The van der Waals surface area contributed by atoms with E-state index in [4.69, 9.17) is 15.6 Å². The molecule has 0 aliphatic heterocycles. The molecular weight excluding hydrogens is 185 g/mol. The number of rotatable bonds is 4. The quantitative estimate of drug-likeness (QED) is 0.766. The van der Waals surface area contributed by atoms with Gasteiger partial charge in [0.2, 0.25) is 0 Å². The highest BCUT2D eigenvalue weighted by Gasteiger charge is 2.08. The van der Waals surface area contributed by atoms with E-state index in [9.17, 15) is 4.39 Å². The van der Waals surface area contributed by atoms with Gasteiger partial charge in [-0.05, 0) is 24.1 Å². The van der Waals surface area contributed by atoms with Crippen LogP contribution in [-0.4, -0.2) is 18.8 Å². The Balaban J connectivity index is 2.90. The summed E-state index contributed by atoms with van der Waals surface area (Å²) in [7, 11) is 1.47. The van der Waals surface area contributed by atoms with Gasteiger partial charge in [0.15, 0.2) is 0 Å². The molecule has 3 nitrogen and oxygen atoms in total. The van der Waals surface area contributed by atoms with E-state index >= 15 is 0 Å². The molecule has 1 atom stereocenters. The SMILES string of the molecule is COc1cc(F)cc(C(N)CCO)c1. The summed E-state index contributed by atoms with van der Waals surface area (Å²) in [6.07, 6.45) is 0.409. The third-order valence-corrected chi connectivity index (χ3v) is 2.00. The van der Waals surface area contributed by atoms with Crippen LogP contribution in [0.2, 0.25) is 0 Å². The fraction of sp³-hybridized carbons (Fsp3) is 0.400. The highest BCUT2D eigenvalue weighted by Crippen LogP contribution is 2.21. The predicted molar refractivity (Wildman–Crippen MR) is 51.6 cm³/mol. The minimum atomic E-state index is -0.382. The zero-order chi connectivity index (χ0) is 10.6. The molecule has 78 valence electrons. The predicted octanol–water partition coefficient (Wildman–Crippen LogP) is 1.22. The minimum Gasteiger partial charge on any atom is -0.497 e. The van der Waals surface area contributed by atoms with Gasteiger partial charge in [-0.15, -0.1) is 0 Å². The molecule has 0 heterocycles. The number of hydrogen-bond acceptors (Lipinski definition) is 3. The average molecular weight is 199 g/mol. The Morgan fingerprint density at radius 3 is 2.79 bits per heavy atom. The molecule has 0 aromatic heterocycles. The van der Waals surface area contributed by atoms with Crippen LogP contribution in [0.5, 0.6) is 5.75 Å². The molecule has 0 bridgehead atoms. The number of nitrogens with two attached hydrogens (primary N) is 1. The Hall–Kier alpha value is -1.13. The third kappa shape index (κ3) is 2.68. The maximum atomic E-state index is 13.0. The lowest BCUT2D eigenvalue weighted by atomic mass is 10.0. The van der Waals surface area contributed by atoms with E-state index in [2.05, 4.69) is 0 Å². The number of methoxy groups -OCH3 is 1. The van der Waals surface area contributed by atoms with Gasteiger partial charge in [-0.1, -0.05) is 0 Å². The van der Waals surface area contributed by atoms with Gasteiger partial charge in [0.25, 0.3) is 0 Å². The molecule has 0 aliphatic carbocycles. The van der Waals surface area contributed by atoms with Crippen molar-refractivity contribution in [3.63, 3.8) is 0 Å². The van der Waals surface area contributed by atoms with E-state index in [1.54, 1.807) is 6.07 Å². The van der Waals surface area contributed by atoms with Gasteiger partial charge in [-0.25, -0.2) is 4.39 Å². The number of ether oxygens (including phenoxy) is 1. The second-order valence-corrected chi connectivity index (χ2v) is 3.04. The zero-order valence-corrected chi connectivity index (χ0v) is 8.03. The molecule has 1 rings (SSSR count). The van der Waals surface area contributed by atoms with Crippen molar-refractivity contribution in [3.8, 4) is 5.75 Å². The van der Waals surface area contributed by atoms with E-state index in [0.29, 0.717) is 17.7 Å². The van der Waals surface area contributed by atoms with E-state index < -0.39 is 0 Å². The van der Waals surface area contributed by atoms with Gasteiger partial charge in [-0.2, -0.15) is 0 Å². The lowest BCUT2D eigenvalue weighted by Gasteiger charge is -2.11. The maximum Gasteiger partial charge on any atom is 0.127 e. The second kappa shape index (κ2) is 4.93. The molecular formula is C10H14FNO2. The molecule has 0 saturated heterocycles. The molecule has 0 saturated carbocycles. The van der Waals surface area contributed by atoms with E-state index in [1.165, 1.54) is 19.2 Å². The number of benzene rings is 1. The van der Waals surface area contributed by atoms with Crippen LogP contribution in [0.3, 0.4) is 0 Å². The maximum absolute atomic E-state index is 13.0. The first-order valence-electron chi connectivity index (χ1n) is 4.38. The molecule has 0 radical (unpaired) electrons. The summed E-state index contributed by atoms with van der Waals surface area (Å²) >= 11 is 0. The lowest BCUT2D eigenvalue weighted by Crippen LogP contribution is -2.12. The summed E-state index contributed by atoms with van der Waals surface area (Å²) in [4.78, 5) is 0. The molecule has 1 aromatic rings. The van der Waals surface area contributed by atoms with Crippen LogP contribution in [0.25, 0.3) is 0 Å². The van der Waals surface area contributed by atoms with Crippen molar-refractivity contribution in [3.05, 3.63) is 29.6 Å². The van der Waals surface area contributed by atoms with Gasteiger partial charge >= 0.3 is 0 Å². The summed E-state index contributed by atoms with van der Waals surface area (Å²) in [5.41, 5.74) is 6.35. The van der Waals surface area contributed by atoms with Crippen LogP contribution >= 0.6 is 0 Å². The van der Waals surface area contributed by atoms with Crippen LogP contribution < -0.4 is 10.5 Å². The van der Waals surface area contributed by atoms with Crippen LogP contribution in [0.15, 0.2) is 18.2 Å². The smallest absolute Gasteiger partial charge is 0.127 e. The van der Waals surface area contributed by atoms with Crippen LogP contribution in [0, 0.1) is 5.82 Å². The Bertz CT molecular complexity index is 304. The van der Waals surface area contributed by atoms with Gasteiger partial charge < -0.3 is 15.6 Å². The first-order chi connectivity index (χ1) is 6.67. The Kier molecular flexibility index (Phi) is 3.85. The summed E-state index contributed by atoms with van der Waals surface area (Å²) in [6.45, 7) is -0.0139. The topological polar surface area (TPSA) is 55.5 Å². The van der Waals surface area contributed by atoms with Crippen LogP contribution in [0.4, 0.5) is 4.39 Å². The van der Waals surface area contributed by atoms with Crippen molar-refractivity contribution in [2.75, 3.05) is 13.7 Å². The average Bonchev–Trinajstić information content (AvgIpc) is 2.17. The third-order valence-electron chi connectivity index (χ3n) is 2.00. The monoisotopic (exact) mass is 199 g/mol. The first kappa shape index (κ1) is 10.9. The summed E-state index contributed by atoms with van der Waals surface area (Å²) in [5.74, 6) is 0.0566. The molecule has 1 aromatic carbocycles. The van der Waals surface area contributed by atoms with Crippen molar-refractivity contribution in [1.29, 1.82) is 0 Å². The first-order valence-corrected chi connectivity index (χ1v) is 4.38. The molecule has 0 amide bonds. The number of aliphatic hydroxyl groups excluding tert-OH is 1. The van der Waals surface area contributed by atoms with Gasteiger partial charge in [-0.3, -0.25) is 0 Å². The number of halogens is 1. The standard InChI is InChI=1S/C10H14FNO2/c1-14-9-5-7(4-8(11)6-9)10(12)2-3-13/h4-6,10,13H,2-3,12H2,1H3. The fourth-order valence-corrected chi connectivity index (χ4v) is 1.22. The van der Waals surface area contributed by atoms with Gasteiger partial charge in [0.05, 0.1) is 7.11 Å². The fourth-order valence-electron chi connectivity index (χ4n) is 1.22. The highest BCUT2D eigenvalue weighted by atomic mass is 19.1. The molecule has 0 aliphatic rings. The summed E-state index contributed by atoms with van der Waals surface area (Å²) in [5, 5.41) is 8.69. The molecule has 0 fully saturated rings. The Morgan fingerprint density at radius 1 is 1.50 bits per heavy atom. The van der Waals surface area contributed by atoms with E-state index in [1.807, 2.05) is 0 Å². The van der Waals surface area contributed by atoms with Crippen molar-refractivity contribution in [1.82, 2.24) is 0 Å². The second-order valence-electron chi connectivity index (χ2n) is 3.04. The van der Waals surface area contributed by atoms with Crippen molar-refractivity contribution >= 4 is 0 Å². The number of aliphatic hydroxyl groups is 1. The van der Waals surface area contributed by atoms with Crippen molar-refractivity contribution < 1.29 is 14.2 Å².